The zero-order chi connectivity index (χ0) is 21.8. The van der Waals surface area contributed by atoms with E-state index in [1.165, 1.54) is 16.7 Å². The third-order valence-electron chi connectivity index (χ3n) is 6.82. The lowest BCUT2D eigenvalue weighted by molar-refractivity contribution is 0.310. The van der Waals surface area contributed by atoms with Crippen molar-refractivity contribution in [2.75, 3.05) is 14.2 Å². The van der Waals surface area contributed by atoms with Crippen LogP contribution in [0.15, 0.2) is 66.7 Å². The summed E-state index contributed by atoms with van der Waals surface area (Å²) in [5.41, 5.74) is 5.99. The van der Waals surface area contributed by atoms with Crippen LogP contribution in [-0.4, -0.2) is 14.2 Å². The summed E-state index contributed by atoms with van der Waals surface area (Å²) < 4.78 is 10.9. The van der Waals surface area contributed by atoms with E-state index in [0.29, 0.717) is 17.8 Å². The maximum Gasteiger partial charge on any atom is 0.119 e. The van der Waals surface area contributed by atoms with E-state index in [-0.39, 0.29) is 0 Å². The second-order valence-electron chi connectivity index (χ2n) is 8.30. The van der Waals surface area contributed by atoms with Gasteiger partial charge in [0.2, 0.25) is 0 Å². The lowest BCUT2D eigenvalue weighted by Gasteiger charge is -2.40. The fourth-order valence-electron chi connectivity index (χ4n) is 5.22. The van der Waals surface area contributed by atoms with E-state index in [1.54, 1.807) is 14.2 Å². The van der Waals surface area contributed by atoms with E-state index in [2.05, 4.69) is 61.5 Å². The van der Waals surface area contributed by atoms with Crippen molar-refractivity contribution in [3.8, 4) is 17.6 Å². The Morgan fingerprint density at radius 2 is 1.65 bits per heavy atom. The number of benzene rings is 3. The van der Waals surface area contributed by atoms with Gasteiger partial charge < -0.3 is 9.47 Å². The van der Waals surface area contributed by atoms with Crippen molar-refractivity contribution in [3.05, 3.63) is 94.5 Å². The molecule has 0 bridgehead atoms. The second-order valence-corrected chi connectivity index (χ2v) is 8.30. The minimum absolute atomic E-state index is 0.324. The molecule has 31 heavy (non-hydrogen) atoms. The Kier molecular flexibility index (Phi) is 6.28. The standard InChI is InChI=1S/C28H29NO2/c1-4-25-26(19-9-12-23(30-2)13-10-19)16-21-11-14-24(31-3)17-27(21)28(25)15-20-7-5-6-8-22(20)18-29/h5-14,17,25-26,28H,4,15-16H2,1-3H3. The lowest BCUT2D eigenvalue weighted by Crippen LogP contribution is -2.29. The first kappa shape index (κ1) is 21.0. The third-order valence-corrected chi connectivity index (χ3v) is 6.82. The van der Waals surface area contributed by atoms with E-state index in [1.807, 2.05) is 18.2 Å². The SMILES string of the molecule is CCC1C(c2ccc(OC)cc2)Cc2ccc(OC)cc2C1Cc1ccccc1C#N. The first-order chi connectivity index (χ1) is 15.2. The number of nitriles is 1. The van der Waals surface area contributed by atoms with Crippen LogP contribution < -0.4 is 9.47 Å². The summed E-state index contributed by atoms with van der Waals surface area (Å²) in [4.78, 5) is 0. The van der Waals surface area contributed by atoms with Crippen molar-refractivity contribution >= 4 is 0 Å². The van der Waals surface area contributed by atoms with Gasteiger partial charge in [0.1, 0.15) is 11.5 Å². The number of nitrogens with zero attached hydrogens (tertiary/aromatic N) is 1. The van der Waals surface area contributed by atoms with Gasteiger partial charge in [-0.2, -0.15) is 5.26 Å². The molecule has 0 heterocycles. The largest absolute Gasteiger partial charge is 0.497 e. The van der Waals surface area contributed by atoms with E-state index in [4.69, 9.17) is 9.47 Å². The summed E-state index contributed by atoms with van der Waals surface area (Å²) in [6.07, 6.45) is 2.95. The zero-order valence-corrected chi connectivity index (χ0v) is 18.5. The Morgan fingerprint density at radius 3 is 2.32 bits per heavy atom. The Morgan fingerprint density at radius 1 is 0.935 bits per heavy atom. The first-order valence-corrected chi connectivity index (χ1v) is 11.0. The number of methoxy groups -OCH3 is 2. The zero-order valence-electron chi connectivity index (χ0n) is 18.5. The van der Waals surface area contributed by atoms with Gasteiger partial charge in [0, 0.05) is 0 Å². The Hall–Kier alpha value is -3.25. The highest BCUT2D eigenvalue weighted by Crippen LogP contribution is 2.48. The summed E-state index contributed by atoms with van der Waals surface area (Å²) in [5.74, 6) is 3.01. The minimum atomic E-state index is 0.324. The Balaban J connectivity index is 1.79. The molecule has 3 aromatic rings. The van der Waals surface area contributed by atoms with Gasteiger partial charge in [0.05, 0.1) is 25.9 Å². The summed E-state index contributed by atoms with van der Waals surface area (Å²) in [6.45, 7) is 2.29. The molecule has 0 radical (unpaired) electrons. The monoisotopic (exact) mass is 411 g/mol. The van der Waals surface area contributed by atoms with Gasteiger partial charge in [0.15, 0.2) is 0 Å². The van der Waals surface area contributed by atoms with E-state index >= 15 is 0 Å². The summed E-state index contributed by atoms with van der Waals surface area (Å²) in [5, 5.41) is 9.65. The van der Waals surface area contributed by atoms with E-state index < -0.39 is 0 Å². The summed E-state index contributed by atoms with van der Waals surface area (Å²) in [7, 11) is 3.43. The summed E-state index contributed by atoms with van der Waals surface area (Å²) in [6, 6.07) is 25.4. The molecule has 0 amide bonds. The number of ether oxygens (including phenoxy) is 2. The fraction of sp³-hybridized carbons (Fsp3) is 0.321. The smallest absolute Gasteiger partial charge is 0.119 e. The van der Waals surface area contributed by atoms with Crippen molar-refractivity contribution in [1.82, 2.24) is 0 Å². The lowest BCUT2D eigenvalue weighted by atomic mass is 9.64. The molecule has 0 aliphatic heterocycles. The second kappa shape index (κ2) is 9.27. The van der Waals surface area contributed by atoms with Gasteiger partial charge >= 0.3 is 0 Å². The molecule has 0 N–H and O–H groups in total. The predicted octanol–water partition coefficient (Wildman–Crippen LogP) is 6.27. The van der Waals surface area contributed by atoms with Crippen molar-refractivity contribution < 1.29 is 9.47 Å². The van der Waals surface area contributed by atoms with Crippen molar-refractivity contribution in [1.29, 1.82) is 5.26 Å². The van der Waals surface area contributed by atoms with Crippen LogP contribution in [0.5, 0.6) is 11.5 Å². The van der Waals surface area contributed by atoms with Crippen LogP contribution in [0.4, 0.5) is 0 Å². The molecule has 0 saturated carbocycles. The van der Waals surface area contributed by atoms with Crippen LogP contribution in [0.1, 0.15) is 53.0 Å². The van der Waals surface area contributed by atoms with Gasteiger partial charge in [-0.05, 0) is 83.2 Å². The fourth-order valence-corrected chi connectivity index (χ4v) is 5.22. The highest BCUT2D eigenvalue weighted by molar-refractivity contribution is 5.46. The van der Waals surface area contributed by atoms with Gasteiger partial charge in [0.25, 0.3) is 0 Å². The molecule has 3 heteroatoms. The molecule has 1 aliphatic carbocycles. The number of rotatable bonds is 6. The Bertz CT molecular complexity index is 1080. The molecule has 0 aromatic heterocycles. The van der Waals surface area contributed by atoms with Gasteiger partial charge in [-0.3, -0.25) is 0 Å². The Labute approximate surface area is 185 Å². The molecule has 3 atom stereocenters. The maximum absolute atomic E-state index is 9.65. The van der Waals surface area contributed by atoms with E-state index in [9.17, 15) is 5.26 Å². The average molecular weight is 412 g/mol. The van der Waals surface area contributed by atoms with Crippen LogP contribution in [0.3, 0.4) is 0 Å². The van der Waals surface area contributed by atoms with Gasteiger partial charge in [-0.15, -0.1) is 0 Å². The maximum atomic E-state index is 9.65. The van der Waals surface area contributed by atoms with Crippen molar-refractivity contribution in [3.63, 3.8) is 0 Å². The van der Waals surface area contributed by atoms with Crippen LogP contribution in [0.25, 0.3) is 0 Å². The molecular formula is C28H29NO2. The molecule has 0 fully saturated rings. The molecule has 0 saturated heterocycles. The van der Waals surface area contributed by atoms with Gasteiger partial charge in [-0.1, -0.05) is 49.7 Å². The highest BCUT2D eigenvalue weighted by atomic mass is 16.5. The van der Waals surface area contributed by atoms with Crippen LogP contribution in [-0.2, 0) is 12.8 Å². The van der Waals surface area contributed by atoms with Crippen molar-refractivity contribution in [2.45, 2.75) is 38.0 Å². The predicted molar refractivity (Wildman–Crippen MR) is 124 cm³/mol. The quantitative estimate of drug-likeness (QED) is 0.480. The average Bonchev–Trinajstić information content (AvgIpc) is 2.83. The first-order valence-electron chi connectivity index (χ1n) is 11.0. The summed E-state index contributed by atoms with van der Waals surface area (Å²) >= 11 is 0. The molecular weight excluding hydrogens is 382 g/mol. The molecule has 158 valence electrons. The number of hydrogen-bond donors (Lipinski definition) is 0. The van der Waals surface area contributed by atoms with Gasteiger partial charge in [-0.25, -0.2) is 0 Å². The van der Waals surface area contributed by atoms with Crippen molar-refractivity contribution in [2.24, 2.45) is 5.92 Å². The molecule has 0 spiro atoms. The normalized spacial score (nSPS) is 19.9. The number of hydrogen-bond acceptors (Lipinski definition) is 3. The van der Waals surface area contributed by atoms with Crippen LogP contribution >= 0.6 is 0 Å². The molecule has 3 unspecified atom stereocenters. The number of fused-ring (bicyclic) bond motifs is 1. The van der Waals surface area contributed by atoms with E-state index in [0.717, 1.165) is 41.9 Å². The minimum Gasteiger partial charge on any atom is -0.497 e. The van der Waals surface area contributed by atoms with Crippen LogP contribution in [0.2, 0.25) is 0 Å². The molecule has 4 rings (SSSR count). The molecule has 3 nitrogen and oxygen atoms in total. The molecule has 3 aromatic carbocycles. The third kappa shape index (κ3) is 4.16. The topological polar surface area (TPSA) is 42.2 Å². The van der Waals surface area contributed by atoms with Crippen LogP contribution in [0, 0.1) is 17.2 Å². The molecule has 1 aliphatic rings. The highest BCUT2D eigenvalue weighted by Gasteiger charge is 2.37.